The van der Waals surface area contributed by atoms with E-state index in [4.69, 9.17) is 0 Å². The maximum Gasteiger partial charge on any atom is 0.175 e. The average Bonchev–Trinajstić information content (AvgIpc) is 2.60. The summed E-state index contributed by atoms with van der Waals surface area (Å²) in [4.78, 5) is 13.2. The largest absolute Gasteiger partial charge is 0.303 e. The molecule has 3 nitrogen and oxygen atoms in total. The highest BCUT2D eigenvalue weighted by Gasteiger charge is 2.34. The molecule has 2 N–H and O–H groups in total. The van der Waals surface area contributed by atoms with Crippen molar-refractivity contribution < 1.29 is 4.79 Å². The number of hydrogen-bond donors (Lipinski definition) is 2. The monoisotopic (exact) mass is 292 g/mol. The van der Waals surface area contributed by atoms with Crippen LogP contribution in [0.2, 0.25) is 0 Å². The highest BCUT2D eigenvalue weighted by atomic mass is 16.1. The zero-order chi connectivity index (χ0) is 14.9. The van der Waals surface area contributed by atoms with Crippen LogP contribution in [0.5, 0.6) is 0 Å². The molecule has 0 saturated heterocycles. The van der Waals surface area contributed by atoms with Crippen LogP contribution in [0.4, 0.5) is 0 Å². The topological polar surface area (TPSA) is 41.1 Å². The first-order valence-corrected chi connectivity index (χ1v) is 8.01. The molecule has 0 spiro atoms. The van der Waals surface area contributed by atoms with Crippen LogP contribution in [0.15, 0.2) is 48.5 Å². The Hall–Kier alpha value is -1.97. The van der Waals surface area contributed by atoms with Crippen molar-refractivity contribution in [3.63, 3.8) is 0 Å². The summed E-state index contributed by atoms with van der Waals surface area (Å²) in [7, 11) is 0. The molecular weight excluding hydrogens is 272 g/mol. The molecule has 0 amide bonds. The molecule has 2 aromatic carbocycles. The van der Waals surface area contributed by atoms with Gasteiger partial charge in [-0.2, -0.15) is 0 Å². The van der Waals surface area contributed by atoms with E-state index >= 15 is 0 Å². The Labute approximate surface area is 130 Å². The normalized spacial score (nSPS) is 23.5. The summed E-state index contributed by atoms with van der Waals surface area (Å²) >= 11 is 0. The summed E-state index contributed by atoms with van der Waals surface area (Å²) in [6, 6.07) is 16.2. The molecule has 112 valence electrons. The molecule has 0 fully saturated rings. The van der Waals surface area contributed by atoms with E-state index < -0.39 is 0 Å². The van der Waals surface area contributed by atoms with Gasteiger partial charge in [-0.3, -0.25) is 4.79 Å². The summed E-state index contributed by atoms with van der Waals surface area (Å²) in [6.07, 6.45) is 1.99. The van der Waals surface area contributed by atoms with Crippen LogP contribution in [0, 0.1) is 0 Å². The van der Waals surface area contributed by atoms with Crippen molar-refractivity contribution in [1.82, 2.24) is 10.6 Å². The lowest BCUT2D eigenvalue weighted by molar-refractivity contribution is -0.123. The third-order valence-corrected chi connectivity index (χ3v) is 4.79. The van der Waals surface area contributed by atoms with E-state index in [2.05, 4.69) is 47.0 Å². The van der Waals surface area contributed by atoms with Crippen LogP contribution in [0.3, 0.4) is 0 Å². The molecule has 0 aromatic heterocycles. The zero-order valence-corrected chi connectivity index (χ0v) is 12.5. The molecule has 0 aliphatic carbocycles. The van der Waals surface area contributed by atoms with Crippen molar-refractivity contribution in [2.24, 2.45) is 0 Å². The van der Waals surface area contributed by atoms with Crippen LogP contribution in [0.1, 0.15) is 34.3 Å². The van der Waals surface area contributed by atoms with Gasteiger partial charge in [0, 0.05) is 13.1 Å². The molecule has 2 heterocycles. The maximum atomic E-state index is 13.2. The molecule has 2 unspecified atom stereocenters. The fourth-order valence-corrected chi connectivity index (χ4v) is 3.68. The smallest absolute Gasteiger partial charge is 0.175 e. The van der Waals surface area contributed by atoms with Crippen LogP contribution < -0.4 is 10.6 Å². The minimum absolute atomic E-state index is 0.200. The van der Waals surface area contributed by atoms with Gasteiger partial charge in [-0.25, -0.2) is 0 Å². The second-order valence-corrected chi connectivity index (χ2v) is 6.07. The van der Waals surface area contributed by atoms with Gasteiger partial charge in [0.15, 0.2) is 5.78 Å². The number of carbonyl (C=O) groups excluding carboxylic acids is 1. The number of benzene rings is 2. The first-order valence-electron chi connectivity index (χ1n) is 8.01. The summed E-state index contributed by atoms with van der Waals surface area (Å²) in [5.41, 5.74) is 4.87. The first-order chi connectivity index (χ1) is 10.8. The van der Waals surface area contributed by atoms with Gasteiger partial charge in [0.1, 0.15) is 0 Å². The number of Topliss-reactive ketones (excluding diaryl/α,β-unsaturated/α-hetero) is 1. The summed E-state index contributed by atoms with van der Waals surface area (Å²) in [6.45, 7) is 1.73. The van der Waals surface area contributed by atoms with Gasteiger partial charge in [-0.15, -0.1) is 0 Å². The first kappa shape index (κ1) is 13.7. The Morgan fingerprint density at radius 2 is 1.23 bits per heavy atom. The molecule has 2 atom stereocenters. The van der Waals surface area contributed by atoms with Crippen LogP contribution in [-0.2, 0) is 17.6 Å². The second kappa shape index (κ2) is 5.67. The van der Waals surface area contributed by atoms with Gasteiger partial charge in [-0.1, -0.05) is 48.5 Å². The zero-order valence-electron chi connectivity index (χ0n) is 12.5. The number of carbonyl (C=O) groups is 1. The number of hydrogen-bond acceptors (Lipinski definition) is 3. The molecule has 2 aliphatic rings. The molecule has 2 aliphatic heterocycles. The van der Waals surface area contributed by atoms with E-state index in [0.29, 0.717) is 0 Å². The Morgan fingerprint density at radius 3 is 1.73 bits per heavy atom. The van der Waals surface area contributed by atoms with Crippen molar-refractivity contribution >= 4 is 5.78 Å². The third kappa shape index (κ3) is 2.27. The van der Waals surface area contributed by atoms with Gasteiger partial charge >= 0.3 is 0 Å². The lowest BCUT2D eigenvalue weighted by Crippen LogP contribution is -2.43. The highest BCUT2D eigenvalue weighted by molar-refractivity contribution is 5.92. The lowest BCUT2D eigenvalue weighted by Gasteiger charge is -2.32. The molecule has 2 aromatic rings. The van der Waals surface area contributed by atoms with Crippen molar-refractivity contribution in [3.8, 4) is 0 Å². The van der Waals surface area contributed by atoms with E-state index in [1.807, 2.05) is 12.1 Å². The van der Waals surface area contributed by atoms with Crippen molar-refractivity contribution in [2.75, 3.05) is 13.1 Å². The predicted molar refractivity (Wildman–Crippen MR) is 86.8 cm³/mol. The quantitative estimate of drug-likeness (QED) is 0.892. The summed E-state index contributed by atoms with van der Waals surface area (Å²) in [5, 5.41) is 6.83. The van der Waals surface area contributed by atoms with Crippen LogP contribution >= 0.6 is 0 Å². The molecule has 22 heavy (non-hydrogen) atoms. The van der Waals surface area contributed by atoms with Gasteiger partial charge in [-0.05, 0) is 35.1 Å². The SMILES string of the molecule is O=C(C1NCCc2ccccc21)C1NCCc2ccccc21. The van der Waals surface area contributed by atoms with Gasteiger partial charge in [0.25, 0.3) is 0 Å². The van der Waals surface area contributed by atoms with Crippen molar-refractivity contribution in [2.45, 2.75) is 24.9 Å². The second-order valence-electron chi connectivity index (χ2n) is 6.07. The standard InChI is InChI=1S/C19H20N2O/c22-19(17-15-7-3-1-5-13(15)9-11-20-17)18-16-8-4-2-6-14(16)10-12-21-18/h1-8,17-18,20-21H,9-12H2. The Bertz CT molecular complexity index is 651. The van der Waals surface area contributed by atoms with E-state index in [9.17, 15) is 4.79 Å². The van der Waals surface area contributed by atoms with E-state index in [1.165, 1.54) is 11.1 Å². The summed E-state index contributed by atoms with van der Waals surface area (Å²) < 4.78 is 0. The number of rotatable bonds is 2. The molecular formula is C19H20N2O. The fourth-order valence-electron chi connectivity index (χ4n) is 3.68. The average molecular weight is 292 g/mol. The minimum Gasteiger partial charge on any atom is -0.303 e. The minimum atomic E-state index is -0.200. The van der Waals surface area contributed by atoms with Crippen molar-refractivity contribution in [1.29, 1.82) is 0 Å². The van der Waals surface area contributed by atoms with Crippen LogP contribution in [-0.4, -0.2) is 18.9 Å². The van der Waals surface area contributed by atoms with E-state index in [0.717, 1.165) is 37.1 Å². The predicted octanol–water partition coefficient (Wildman–Crippen LogP) is 2.33. The third-order valence-electron chi connectivity index (χ3n) is 4.79. The van der Waals surface area contributed by atoms with Gasteiger partial charge < -0.3 is 10.6 Å². The number of ketones is 1. The highest BCUT2D eigenvalue weighted by Crippen LogP contribution is 2.31. The van der Waals surface area contributed by atoms with Crippen LogP contribution in [0.25, 0.3) is 0 Å². The maximum absolute atomic E-state index is 13.2. The lowest BCUT2D eigenvalue weighted by atomic mass is 9.84. The molecule has 3 heteroatoms. The molecule has 4 rings (SSSR count). The molecule has 0 radical (unpaired) electrons. The van der Waals surface area contributed by atoms with E-state index in [-0.39, 0.29) is 17.9 Å². The molecule has 0 bridgehead atoms. The van der Waals surface area contributed by atoms with Gasteiger partial charge in [0.05, 0.1) is 12.1 Å². The Morgan fingerprint density at radius 1 is 0.773 bits per heavy atom. The molecule has 0 saturated carbocycles. The number of fused-ring (bicyclic) bond motifs is 2. The number of nitrogens with one attached hydrogen (secondary N) is 2. The van der Waals surface area contributed by atoms with Crippen molar-refractivity contribution in [3.05, 3.63) is 70.8 Å². The van der Waals surface area contributed by atoms with E-state index in [1.54, 1.807) is 0 Å². The Balaban J connectivity index is 1.69. The Kier molecular flexibility index (Phi) is 3.53. The summed E-state index contributed by atoms with van der Waals surface area (Å²) in [5.74, 6) is 0.235. The van der Waals surface area contributed by atoms with Gasteiger partial charge in [0.2, 0.25) is 0 Å². The fraction of sp³-hybridized carbons (Fsp3) is 0.316.